The van der Waals surface area contributed by atoms with Gasteiger partial charge >= 0.3 is 0 Å². The molecular weight excluding hydrogens is 254 g/mol. The van der Waals surface area contributed by atoms with Crippen LogP contribution < -0.4 is 0 Å². The molecule has 0 spiro atoms. The fourth-order valence-corrected chi connectivity index (χ4v) is 2.59. The van der Waals surface area contributed by atoms with Gasteiger partial charge in [0.2, 0.25) is 0 Å². The molecule has 0 N–H and O–H groups in total. The maximum absolute atomic E-state index is 12.6. The standard InChI is InChI=1S/C14H19N5O/c1-11(2)17-6-8-18(9-7-17)14(20)12-10-16-19-5-3-4-15-13(12)19/h3-5,10-11H,6-9H2,1-2H3. The van der Waals surface area contributed by atoms with E-state index >= 15 is 0 Å². The first-order chi connectivity index (χ1) is 9.66. The third-order valence-electron chi connectivity index (χ3n) is 3.84. The molecule has 0 unspecified atom stereocenters. The maximum Gasteiger partial charge on any atom is 0.259 e. The highest BCUT2D eigenvalue weighted by Crippen LogP contribution is 2.13. The Hall–Kier alpha value is -1.95. The van der Waals surface area contributed by atoms with Crippen LogP contribution in [0.4, 0.5) is 0 Å². The Morgan fingerprint density at radius 2 is 2.00 bits per heavy atom. The van der Waals surface area contributed by atoms with Gasteiger partial charge < -0.3 is 4.90 Å². The van der Waals surface area contributed by atoms with Gasteiger partial charge in [0.05, 0.1) is 6.20 Å². The van der Waals surface area contributed by atoms with Crippen molar-refractivity contribution >= 4 is 11.6 Å². The molecule has 6 heteroatoms. The second-order valence-corrected chi connectivity index (χ2v) is 5.37. The first kappa shape index (κ1) is 13.1. The molecule has 20 heavy (non-hydrogen) atoms. The van der Waals surface area contributed by atoms with Gasteiger partial charge in [-0.2, -0.15) is 5.10 Å². The van der Waals surface area contributed by atoms with E-state index in [4.69, 9.17) is 0 Å². The normalized spacial score (nSPS) is 17.1. The third kappa shape index (κ3) is 2.27. The number of amides is 1. The Bertz CT molecular complexity index is 613. The lowest BCUT2D eigenvalue weighted by Crippen LogP contribution is -2.50. The average molecular weight is 273 g/mol. The van der Waals surface area contributed by atoms with E-state index in [1.807, 2.05) is 4.90 Å². The maximum atomic E-state index is 12.6. The van der Waals surface area contributed by atoms with Crippen LogP contribution in [0.25, 0.3) is 5.65 Å². The molecule has 1 amide bonds. The summed E-state index contributed by atoms with van der Waals surface area (Å²) in [6.45, 7) is 7.76. The zero-order valence-corrected chi connectivity index (χ0v) is 11.9. The van der Waals surface area contributed by atoms with Gasteiger partial charge in [0.1, 0.15) is 5.56 Å². The Morgan fingerprint density at radius 3 is 2.70 bits per heavy atom. The van der Waals surface area contributed by atoms with Crippen molar-refractivity contribution in [2.75, 3.05) is 26.2 Å². The van der Waals surface area contributed by atoms with E-state index < -0.39 is 0 Å². The predicted octanol–water partition coefficient (Wildman–Crippen LogP) is 0.895. The number of carbonyl (C=O) groups excluding carboxylic acids is 1. The molecule has 3 heterocycles. The van der Waals surface area contributed by atoms with Crippen molar-refractivity contribution in [2.45, 2.75) is 19.9 Å². The van der Waals surface area contributed by atoms with E-state index in [1.54, 1.807) is 29.2 Å². The number of fused-ring (bicyclic) bond motifs is 1. The van der Waals surface area contributed by atoms with Crippen LogP contribution in [-0.2, 0) is 0 Å². The Balaban J connectivity index is 1.77. The van der Waals surface area contributed by atoms with E-state index in [1.165, 1.54) is 0 Å². The second kappa shape index (κ2) is 5.20. The Labute approximate surface area is 118 Å². The first-order valence-electron chi connectivity index (χ1n) is 6.98. The first-order valence-corrected chi connectivity index (χ1v) is 6.98. The summed E-state index contributed by atoms with van der Waals surface area (Å²) < 4.78 is 1.64. The molecule has 6 nitrogen and oxygen atoms in total. The van der Waals surface area contributed by atoms with Gasteiger partial charge in [0, 0.05) is 44.6 Å². The fraction of sp³-hybridized carbons (Fsp3) is 0.500. The van der Waals surface area contributed by atoms with E-state index in [9.17, 15) is 4.79 Å². The number of nitrogens with zero attached hydrogens (tertiary/aromatic N) is 5. The minimum absolute atomic E-state index is 0.0297. The minimum Gasteiger partial charge on any atom is -0.336 e. The third-order valence-corrected chi connectivity index (χ3v) is 3.84. The van der Waals surface area contributed by atoms with Crippen molar-refractivity contribution in [2.24, 2.45) is 0 Å². The van der Waals surface area contributed by atoms with Crippen LogP contribution >= 0.6 is 0 Å². The van der Waals surface area contributed by atoms with Gasteiger partial charge in [-0.05, 0) is 19.9 Å². The van der Waals surface area contributed by atoms with Crippen LogP contribution in [-0.4, -0.2) is 62.5 Å². The highest BCUT2D eigenvalue weighted by atomic mass is 16.2. The molecule has 1 saturated heterocycles. The van der Waals surface area contributed by atoms with E-state index in [-0.39, 0.29) is 5.91 Å². The topological polar surface area (TPSA) is 53.7 Å². The van der Waals surface area contributed by atoms with E-state index in [2.05, 4.69) is 28.8 Å². The number of aromatic nitrogens is 3. The lowest BCUT2D eigenvalue weighted by atomic mass is 10.2. The van der Waals surface area contributed by atoms with Crippen LogP contribution in [0.5, 0.6) is 0 Å². The predicted molar refractivity (Wildman–Crippen MR) is 75.6 cm³/mol. The molecule has 0 aliphatic carbocycles. The number of rotatable bonds is 2. The fourth-order valence-electron chi connectivity index (χ4n) is 2.59. The lowest BCUT2D eigenvalue weighted by Gasteiger charge is -2.36. The Kier molecular flexibility index (Phi) is 3.40. The number of piperazine rings is 1. The molecule has 0 atom stereocenters. The van der Waals surface area contributed by atoms with Crippen molar-refractivity contribution in [3.63, 3.8) is 0 Å². The molecule has 1 aliphatic heterocycles. The van der Waals surface area contributed by atoms with Crippen LogP contribution in [0.1, 0.15) is 24.2 Å². The summed E-state index contributed by atoms with van der Waals surface area (Å²) in [5, 5.41) is 4.17. The van der Waals surface area contributed by atoms with Crippen molar-refractivity contribution in [1.29, 1.82) is 0 Å². The van der Waals surface area contributed by atoms with Crippen LogP contribution in [0, 0.1) is 0 Å². The average Bonchev–Trinajstić information content (AvgIpc) is 2.90. The quantitative estimate of drug-likeness (QED) is 0.815. The summed E-state index contributed by atoms with van der Waals surface area (Å²) in [6, 6.07) is 2.33. The van der Waals surface area contributed by atoms with Crippen LogP contribution in [0.15, 0.2) is 24.7 Å². The summed E-state index contributed by atoms with van der Waals surface area (Å²) >= 11 is 0. The summed E-state index contributed by atoms with van der Waals surface area (Å²) in [6.07, 6.45) is 5.10. The highest BCUT2D eigenvalue weighted by Gasteiger charge is 2.25. The van der Waals surface area contributed by atoms with Gasteiger partial charge in [0.25, 0.3) is 5.91 Å². The summed E-state index contributed by atoms with van der Waals surface area (Å²) in [5.41, 5.74) is 1.22. The molecule has 0 saturated carbocycles. The van der Waals surface area contributed by atoms with E-state index in [0.717, 1.165) is 26.2 Å². The molecule has 0 bridgehead atoms. The molecule has 1 aliphatic rings. The van der Waals surface area contributed by atoms with Crippen LogP contribution in [0.2, 0.25) is 0 Å². The summed E-state index contributed by atoms with van der Waals surface area (Å²) in [5.74, 6) is 0.0297. The van der Waals surface area contributed by atoms with Crippen LogP contribution in [0.3, 0.4) is 0 Å². The minimum atomic E-state index is 0.0297. The largest absolute Gasteiger partial charge is 0.336 e. The summed E-state index contributed by atoms with van der Waals surface area (Å²) in [7, 11) is 0. The molecule has 0 radical (unpaired) electrons. The van der Waals surface area contributed by atoms with Gasteiger partial charge in [-0.3, -0.25) is 9.69 Å². The number of carbonyl (C=O) groups is 1. The number of hydrogen-bond acceptors (Lipinski definition) is 4. The molecule has 2 aromatic rings. The Morgan fingerprint density at radius 1 is 1.25 bits per heavy atom. The lowest BCUT2D eigenvalue weighted by molar-refractivity contribution is 0.0597. The molecule has 2 aromatic heterocycles. The molecular formula is C14H19N5O. The number of hydrogen-bond donors (Lipinski definition) is 0. The smallest absolute Gasteiger partial charge is 0.259 e. The van der Waals surface area contributed by atoms with Crippen molar-refractivity contribution in [1.82, 2.24) is 24.4 Å². The van der Waals surface area contributed by atoms with Gasteiger partial charge in [-0.25, -0.2) is 9.50 Å². The zero-order chi connectivity index (χ0) is 14.1. The summed E-state index contributed by atoms with van der Waals surface area (Å²) in [4.78, 5) is 21.1. The molecule has 3 rings (SSSR count). The van der Waals surface area contributed by atoms with E-state index in [0.29, 0.717) is 17.3 Å². The molecule has 1 fully saturated rings. The molecule has 0 aromatic carbocycles. The van der Waals surface area contributed by atoms with Crippen molar-refractivity contribution in [3.05, 3.63) is 30.2 Å². The second-order valence-electron chi connectivity index (χ2n) is 5.37. The van der Waals surface area contributed by atoms with Gasteiger partial charge in [0.15, 0.2) is 5.65 Å². The van der Waals surface area contributed by atoms with Crippen molar-refractivity contribution < 1.29 is 4.79 Å². The SMILES string of the molecule is CC(C)N1CCN(C(=O)c2cnn3cccnc23)CC1. The molecule has 106 valence electrons. The zero-order valence-electron chi connectivity index (χ0n) is 11.9. The monoisotopic (exact) mass is 273 g/mol. The van der Waals surface area contributed by atoms with Gasteiger partial charge in [-0.15, -0.1) is 0 Å². The van der Waals surface area contributed by atoms with Gasteiger partial charge in [-0.1, -0.05) is 0 Å². The van der Waals surface area contributed by atoms with Crippen molar-refractivity contribution in [3.8, 4) is 0 Å². The highest BCUT2D eigenvalue weighted by molar-refractivity contribution is 5.99.